The van der Waals surface area contributed by atoms with Crippen molar-refractivity contribution in [1.82, 2.24) is 40.1 Å². The van der Waals surface area contributed by atoms with E-state index in [1.807, 2.05) is 32.6 Å². The molecule has 0 aliphatic carbocycles. The summed E-state index contributed by atoms with van der Waals surface area (Å²) in [5.41, 5.74) is -2.18. The maximum Gasteiger partial charge on any atom is 0.415 e. The number of rotatable bonds is 18. The number of nitrogens with one attached hydrogen (secondary N) is 3. The molecule has 0 bridgehead atoms. The molecule has 7 aromatic rings. The molecule has 1 aliphatic heterocycles. The molecule has 0 saturated carbocycles. The Balaban J connectivity index is 1.00. The van der Waals surface area contributed by atoms with Crippen molar-refractivity contribution in [3.63, 3.8) is 0 Å². The lowest BCUT2D eigenvalue weighted by molar-refractivity contribution is 0.00974. The zero-order valence-corrected chi connectivity index (χ0v) is 47.3. The van der Waals surface area contributed by atoms with Gasteiger partial charge in [-0.3, -0.25) is 24.1 Å². The molecule has 3 N–H and O–H groups in total. The van der Waals surface area contributed by atoms with Crippen molar-refractivity contribution in [3.8, 4) is 22.9 Å². The highest BCUT2D eigenvalue weighted by molar-refractivity contribution is 7.16. The minimum Gasteiger partial charge on any atom is -0.497 e. The van der Waals surface area contributed by atoms with Gasteiger partial charge in [0, 0.05) is 72.8 Å². The Kier molecular flexibility index (Phi) is 17.2. The summed E-state index contributed by atoms with van der Waals surface area (Å²) in [6.45, 7) is 17.8. The molecule has 1 aliphatic rings. The second-order valence-electron chi connectivity index (χ2n) is 20.8. The number of pyridine rings is 1. The Morgan fingerprint density at radius 3 is 1.85 bits per heavy atom. The monoisotopic (exact) mass is 1120 g/mol. The van der Waals surface area contributed by atoms with Gasteiger partial charge >= 0.3 is 12.2 Å². The highest BCUT2D eigenvalue weighted by Crippen LogP contribution is 2.36. The van der Waals surface area contributed by atoms with Crippen LogP contribution in [-0.2, 0) is 9.47 Å². The van der Waals surface area contributed by atoms with Gasteiger partial charge in [0.05, 0.1) is 35.8 Å². The Morgan fingerprint density at radius 1 is 0.734 bits per heavy atom. The van der Waals surface area contributed by atoms with Crippen LogP contribution >= 0.6 is 22.7 Å². The lowest BCUT2D eigenvalue weighted by Gasteiger charge is -2.36. The highest BCUT2D eigenvalue weighted by atomic mass is 32.1. The number of aromatic nitrogens is 5. The number of thiophene rings is 2. The number of carbonyl (C=O) groups excluding carboxylic acids is 4. The standard InChI is InChI=1S/C55H64FN11O10S2/c1-32(2)58-46(68)44-38-30-78-48(57-23-22-55(8,9)77-52(72)64-26-24-63(25-27-64)41-13-11-12-40(56)60-41)42(38)49(70)66(61-44)35-16-20-37(21-17-35)75-29-28-65(53(73)76-54(5,6)7)51-43-39(31-79-51)45(47(69)59-33(3)4)62-67(50(43)71)34-14-18-36(74-10)19-15-34/h11-21,30-33,57H,22-29H2,1-10H3,(H,58,68)(H,59,69). The number of hydrogen-bond acceptors (Lipinski definition) is 17. The molecule has 2 aromatic carbocycles. The maximum atomic E-state index is 14.5. The molecule has 4 amide bonds. The molecular formula is C55H64FN11O10S2. The lowest BCUT2D eigenvalue weighted by Crippen LogP contribution is -2.50. The number of nitrogens with zero attached hydrogens (tertiary/aromatic N) is 8. The Labute approximate surface area is 463 Å². The van der Waals surface area contributed by atoms with Crippen LogP contribution in [0.4, 0.5) is 29.8 Å². The fraction of sp³-hybridized carbons (Fsp3) is 0.400. The number of halogens is 1. The van der Waals surface area contributed by atoms with Crippen LogP contribution in [0, 0.1) is 5.95 Å². The van der Waals surface area contributed by atoms with Crippen LogP contribution in [-0.4, -0.2) is 130 Å². The second-order valence-corrected chi connectivity index (χ2v) is 22.6. The minimum atomic E-state index is -0.922. The summed E-state index contributed by atoms with van der Waals surface area (Å²) in [7, 11) is 1.52. The van der Waals surface area contributed by atoms with E-state index >= 15 is 0 Å². The van der Waals surface area contributed by atoms with Crippen LogP contribution in [0.3, 0.4) is 0 Å². The zero-order chi connectivity index (χ0) is 56.9. The molecule has 8 rings (SSSR count). The Bertz CT molecular complexity index is 3490. The van der Waals surface area contributed by atoms with Gasteiger partial charge in [0.2, 0.25) is 5.95 Å². The third-order valence-corrected chi connectivity index (χ3v) is 14.3. The van der Waals surface area contributed by atoms with Crippen LogP contribution in [0.2, 0.25) is 0 Å². The molecule has 0 radical (unpaired) electrons. The molecular weight excluding hydrogens is 1060 g/mol. The van der Waals surface area contributed by atoms with E-state index in [4.69, 9.17) is 18.9 Å². The average Bonchev–Trinajstić information content (AvgIpc) is 4.28. The number of amides is 4. The Hall–Kier alpha value is -8.12. The first-order valence-electron chi connectivity index (χ1n) is 25.7. The molecule has 0 unspecified atom stereocenters. The van der Waals surface area contributed by atoms with Gasteiger partial charge in [-0.25, -0.2) is 14.6 Å². The van der Waals surface area contributed by atoms with Crippen LogP contribution in [0.25, 0.3) is 32.9 Å². The minimum absolute atomic E-state index is 0.0146. The quantitative estimate of drug-likeness (QED) is 0.0685. The number of benzene rings is 2. The molecule has 1 fully saturated rings. The molecule has 6 heterocycles. The number of methoxy groups -OCH3 is 1. The van der Waals surface area contributed by atoms with Crippen LogP contribution in [0.5, 0.6) is 11.5 Å². The zero-order valence-electron chi connectivity index (χ0n) is 45.7. The third-order valence-electron chi connectivity index (χ3n) is 12.3. The number of ether oxygens (including phenoxy) is 4. The molecule has 24 heteroatoms. The first kappa shape index (κ1) is 57.1. The molecule has 21 nitrogen and oxygen atoms in total. The van der Waals surface area contributed by atoms with Gasteiger partial charge in [0.15, 0.2) is 11.4 Å². The summed E-state index contributed by atoms with van der Waals surface area (Å²) in [4.78, 5) is 92.5. The summed E-state index contributed by atoms with van der Waals surface area (Å²) in [6, 6.07) is 17.2. The van der Waals surface area contributed by atoms with E-state index < -0.39 is 52.3 Å². The smallest absolute Gasteiger partial charge is 0.415 e. The van der Waals surface area contributed by atoms with Crippen molar-refractivity contribution in [2.45, 2.75) is 92.0 Å². The second kappa shape index (κ2) is 23.9. The van der Waals surface area contributed by atoms with Gasteiger partial charge in [-0.05, 0) is 123 Å². The van der Waals surface area contributed by atoms with Gasteiger partial charge in [-0.1, -0.05) is 6.07 Å². The van der Waals surface area contributed by atoms with Gasteiger partial charge in [0.1, 0.15) is 45.1 Å². The summed E-state index contributed by atoms with van der Waals surface area (Å²) < 4.78 is 39.3. The van der Waals surface area contributed by atoms with Crippen molar-refractivity contribution >= 4 is 84.0 Å². The normalized spacial score (nSPS) is 13.0. The summed E-state index contributed by atoms with van der Waals surface area (Å²) in [6.07, 6.45) is -0.863. The number of piperazine rings is 1. The SMILES string of the molecule is COc1ccc(-n2nc(C(=O)NC(C)C)c3csc(N(CCOc4ccc(-n5nc(C(=O)NC(C)C)c6csc(NCCC(C)(C)OC(=O)N7CCN(c8cccc(F)n8)CC7)c6c5=O)cc4)C(=O)OC(C)(C)C)c3c2=O)cc1. The predicted molar refractivity (Wildman–Crippen MR) is 303 cm³/mol. The van der Waals surface area contributed by atoms with Crippen molar-refractivity contribution in [2.75, 3.05) is 68.1 Å². The fourth-order valence-electron chi connectivity index (χ4n) is 8.53. The van der Waals surface area contributed by atoms with Crippen LogP contribution in [0.1, 0.15) is 89.7 Å². The fourth-order valence-corrected chi connectivity index (χ4v) is 10.6. The van der Waals surface area contributed by atoms with Gasteiger partial charge in [-0.15, -0.1) is 22.7 Å². The highest BCUT2D eigenvalue weighted by Gasteiger charge is 2.32. The third kappa shape index (κ3) is 13.4. The topological polar surface area (TPSA) is 234 Å². The molecule has 79 heavy (non-hydrogen) atoms. The molecule has 0 atom stereocenters. The van der Waals surface area contributed by atoms with Gasteiger partial charge in [0.25, 0.3) is 22.9 Å². The maximum absolute atomic E-state index is 14.5. The van der Waals surface area contributed by atoms with Crippen LogP contribution < -0.4 is 46.3 Å². The first-order valence-corrected chi connectivity index (χ1v) is 27.4. The number of carbonyl (C=O) groups is 4. The number of hydrogen-bond donors (Lipinski definition) is 3. The summed E-state index contributed by atoms with van der Waals surface area (Å²) in [5, 5.41) is 23.2. The lowest BCUT2D eigenvalue weighted by atomic mass is 10.1. The molecule has 1 saturated heterocycles. The van der Waals surface area contributed by atoms with E-state index in [1.54, 1.807) is 111 Å². The molecule has 5 aromatic heterocycles. The van der Waals surface area contributed by atoms with Crippen molar-refractivity contribution in [3.05, 3.63) is 116 Å². The van der Waals surface area contributed by atoms with E-state index in [-0.39, 0.29) is 57.8 Å². The van der Waals surface area contributed by atoms with Crippen molar-refractivity contribution in [1.29, 1.82) is 0 Å². The van der Waals surface area contributed by atoms with Crippen molar-refractivity contribution in [2.24, 2.45) is 0 Å². The summed E-state index contributed by atoms with van der Waals surface area (Å²) >= 11 is 2.33. The predicted octanol–water partition coefficient (Wildman–Crippen LogP) is 8.39. The largest absolute Gasteiger partial charge is 0.497 e. The number of fused-ring (bicyclic) bond motifs is 2. The van der Waals surface area contributed by atoms with E-state index in [0.717, 1.165) is 20.7 Å². The van der Waals surface area contributed by atoms with E-state index in [1.165, 1.54) is 29.4 Å². The number of anilines is 3. The molecule has 0 spiro atoms. The van der Waals surface area contributed by atoms with Crippen LogP contribution in [0.15, 0.2) is 87.1 Å². The van der Waals surface area contributed by atoms with E-state index in [0.29, 0.717) is 78.2 Å². The summed E-state index contributed by atoms with van der Waals surface area (Å²) in [5.74, 6) is -0.134. The van der Waals surface area contributed by atoms with E-state index in [2.05, 4.69) is 31.1 Å². The van der Waals surface area contributed by atoms with Gasteiger partial charge < -0.3 is 44.7 Å². The first-order chi connectivity index (χ1) is 37.5. The van der Waals surface area contributed by atoms with Crippen molar-refractivity contribution < 1.29 is 42.5 Å². The average molecular weight is 1120 g/mol. The Morgan fingerprint density at radius 2 is 1.29 bits per heavy atom. The van der Waals surface area contributed by atoms with Gasteiger partial charge in [-0.2, -0.15) is 24.0 Å². The van der Waals surface area contributed by atoms with E-state index in [9.17, 15) is 33.2 Å². The molecule has 418 valence electrons.